The monoisotopic (exact) mass is 295 g/mol. The molecular weight excluding hydrogens is 274 g/mol. The van der Waals surface area contributed by atoms with Gasteiger partial charge < -0.3 is 4.98 Å². The van der Waals surface area contributed by atoms with E-state index < -0.39 is 0 Å². The highest BCUT2D eigenvalue weighted by atomic mass is 15.1. The summed E-state index contributed by atoms with van der Waals surface area (Å²) in [7, 11) is 0. The minimum Gasteiger partial charge on any atom is -0.364 e. The molecule has 5 nitrogen and oxygen atoms in total. The highest BCUT2D eigenvalue weighted by molar-refractivity contribution is 5.97. The van der Waals surface area contributed by atoms with Gasteiger partial charge in [-0.25, -0.2) is 9.97 Å². The van der Waals surface area contributed by atoms with Crippen molar-refractivity contribution in [2.24, 2.45) is 4.99 Å². The smallest absolute Gasteiger partial charge is 0.173 e. The Morgan fingerprint density at radius 3 is 3.05 bits per heavy atom. The van der Waals surface area contributed by atoms with Gasteiger partial charge in [-0.3, -0.25) is 9.89 Å². The molecule has 4 heterocycles. The second-order valence-corrected chi connectivity index (χ2v) is 6.11. The second-order valence-electron chi connectivity index (χ2n) is 6.11. The first-order chi connectivity index (χ1) is 10.9. The van der Waals surface area contributed by atoms with Crippen LogP contribution in [0.2, 0.25) is 0 Å². The molecular formula is C17H21N5. The number of rotatable bonds is 3. The zero-order chi connectivity index (χ0) is 14.8. The molecule has 2 aliphatic heterocycles. The maximum Gasteiger partial charge on any atom is 0.173 e. The molecule has 0 aromatic carbocycles. The summed E-state index contributed by atoms with van der Waals surface area (Å²) in [6.07, 6.45) is 8.42. The summed E-state index contributed by atoms with van der Waals surface area (Å²) in [6.45, 7) is 3.87. The SMILES string of the molecule is c1c[nH]c(CN2CCc3nc(C4=NCCCC4)ncc3C2)c1. The number of aliphatic imine (C=N–C) groups is 1. The Bertz CT molecular complexity index is 674. The van der Waals surface area contributed by atoms with Crippen molar-refractivity contribution in [1.29, 1.82) is 0 Å². The Hall–Kier alpha value is -2.01. The number of aromatic amines is 1. The molecule has 0 amide bonds. The van der Waals surface area contributed by atoms with Gasteiger partial charge in [0.05, 0.1) is 11.4 Å². The van der Waals surface area contributed by atoms with Crippen molar-refractivity contribution in [2.75, 3.05) is 13.1 Å². The van der Waals surface area contributed by atoms with Gasteiger partial charge >= 0.3 is 0 Å². The lowest BCUT2D eigenvalue weighted by Crippen LogP contribution is -2.31. The molecule has 0 atom stereocenters. The van der Waals surface area contributed by atoms with Gasteiger partial charge in [0, 0.05) is 56.3 Å². The Kier molecular flexibility index (Phi) is 3.72. The number of nitrogens with one attached hydrogen (secondary N) is 1. The Balaban J connectivity index is 1.50. The number of fused-ring (bicyclic) bond motifs is 1. The molecule has 5 heteroatoms. The average molecular weight is 295 g/mol. The molecule has 22 heavy (non-hydrogen) atoms. The fourth-order valence-corrected chi connectivity index (χ4v) is 3.24. The van der Waals surface area contributed by atoms with E-state index >= 15 is 0 Å². The summed E-state index contributed by atoms with van der Waals surface area (Å²) in [5.74, 6) is 0.858. The molecule has 0 bridgehead atoms. The van der Waals surface area contributed by atoms with E-state index in [1.165, 1.54) is 29.8 Å². The molecule has 2 aromatic rings. The van der Waals surface area contributed by atoms with E-state index in [1.807, 2.05) is 18.5 Å². The maximum absolute atomic E-state index is 4.79. The average Bonchev–Trinajstić information content (AvgIpc) is 3.08. The lowest BCUT2D eigenvalue weighted by molar-refractivity contribution is 0.240. The molecule has 2 aliphatic rings. The predicted octanol–water partition coefficient (Wildman–Crippen LogP) is 2.34. The van der Waals surface area contributed by atoms with Crippen LogP contribution in [0.4, 0.5) is 0 Å². The van der Waals surface area contributed by atoms with Gasteiger partial charge in [-0.05, 0) is 31.4 Å². The summed E-state index contributed by atoms with van der Waals surface area (Å²) < 4.78 is 0. The van der Waals surface area contributed by atoms with E-state index in [0.29, 0.717) is 0 Å². The third kappa shape index (κ3) is 2.81. The zero-order valence-corrected chi connectivity index (χ0v) is 12.8. The van der Waals surface area contributed by atoms with Crippen LogP contribution in [0.15, 0.2) is 29.5 Å². The molecule has 0 saturated heterocycles. The maximum atomic E-state index is 4.79. The highest BCUT2D eigenvalue weighted by Gasteiger charge is 2.20. The first-order valence-electron chi connectivity index (χ1n) is 8.11. The molecule has 0 aliphatic carbocycles. The first-order valence-corrected chi connectivity index (χ1v) is 8.11. The molecule has 1 N–H and O–H groups in total. The van der Waals surface area contributed by atoms with Crippen molar-refractivity contribution in [2.45, 2.75) is 38.8 Å². The summed E-state index contributed by atoms with van der Waals surface area (Å²) in [5.41, 5.74) is 4.83. The van der Waals surface area contributed by atoms with Crippen LogP contribution < -0.4 is 0 Å². The molecule has 0 radical (unpaired) electrons. The largest absolute Gasteiger partial charge is 0.364 e. The minimum absolute atomic E-state index is 0.858. The van der Waals surface area contributed by atoms with E-state index in [0.717, 1.165) is 50.6 Å². The van der Waals surface area contributed by atoms with E-state index in [2.05, 4.69) is 25.9 Å². The molecule has 4 rings (SSSR count). The van der Waals surface area contributed by atoms with Crippen LogP contribution in [0.25, 0.3) is 0 Å². The van der Waals surface area contributed by atoms with Crippen LogP contribution in [0, 0.1) is 0 Å². The number of aromatic nitrogens is 3. The summed E-state index contributed by atoms with van der Waals surface area (Å²) >= 11 is 0. The highest BCUT2D eigenvalue weighted by Crippen LogP contribution is 2.19. The van der Waals surface area contributed by atoms with Crippen molar-refractivity contribution in [1.82, 2.24) is 19.9 Å². The summed E-state index contributed by atoms with van der Waals surface area (Å²) in [5, 5.41) is 0. The Morgan fingerprint density at radius 2 is 2.23 bits per heavy atom. The summed E-state index contributed by atoms with van der Waals surface area (Å²) in [6, 6.07) is 4.18. The van der Waals surface area contributed by atoms with Crippen molar-refractivity contribution in [3.05, 3.63) is 47.3 Å². The van der Waals surface area contributed by atoms with E-state index in [9.17, 15) is 0 Å². The molecule has 2 aromatic heterocycles. The minimum atomic E-state index is 0.858. The molecule has 0 fully saturated rings. The van der Waals surface area contributed by atoms with Gasteiger partial charge in [0.15, 0.2) is 5.82 Å². The van der Waals surface area contributed by atoms with Gasteiger partial charge in [0.2, 0.25) is 0 Å². The zero-order valence-electron chi connectivity index (χ0n) is 12.8. The van der Waals surface area contributed by atoms with Crippen LogP contribution in [0.1, 0.15) is 42.0 Å². The normalized spacial score (nSPS) is 18.8. The molecule has 114 valence electrons. The van der Waals surface area contributed by atoms with Crippen molar-refractivity contribution in [3.8, 4) is 0 Å². The Labute approximate surface area is 130 Å². The fraction of sp³-hybridized carbons (Fsp3) is 0.471. The van der Waals surface area contributed by atoms with Crippen LogP contribution in [0.3, 0.4) is 0 Å². The molecule has 0 saturated carbocycles. The topological polar surface area (TPSA) is 57.2 Å². The molecule has 0 unspecified atom stereocenters. The lowest BCUT2D eigenvalue weighted by atomic mass is 10.1. The third-order valence-electron chi connectivity index (χ3n) is 4.45. The standard InChI is InChI=1S/C17H21N5/c1-2-7-19-16(5-1)17-20-10-13-11-22(9-6-15(13)21-17)12-14-4-3-8-18-14/h3-4,8,10,18H,1-2,5-7,9,11-12H2. The number of hydrogen-bond acceptors (Lipinski definition) is 4. The van der Waals surface area contributed by atoms with Crippen LogP contribution in [0.5, 0.6) is 0 Å². The van der Waals surface area contributed by atoms with Crippen molar-refractivity contribution >= 4 is 5.71 Å². The fourth-order valence-electron chi connectivity index (χ4n) is 3.24. The number of nitrogens with zero attached hydrogens (tertiary/aromatic N) is 4. The quantitative estimate of drug-likeness (QED) is 0.945. The van der Waals surface area contributed by atoms with E-state index in [4.69, 9.17) is 4.98 Å². The van der Waals surface area contributed by atoms with Gasteiger partial charge in [-0.15, -0.1) is 0 Å². The van der Waals surface area contributed by atoms with Crippen LogP contribution in [-0.2, 0) is 19.5 Å². The van der Waals surface area contributed by atoms with E-state index in [1.54, 1.807) is 0 Å². The van der Waals surface area contributed by atoms with Crippen molar-refractivity contribution in [3.63, 3.8) is 0 Å². The van der Waals surface area contributed by atoms with Crippen LogP contribution in [-0.4, -0.2) is 38.7 Å². The third-order valence-corrected chi connectivity index (χ3v) is 4.45. The van der Waals surface area contributed by atoms with E-state index in [-0.39, 0.29) is 0 Å². The van der Waals surface area contributed by atoms with Crippen molar-refractivity contribution < 1.29 is 0 Å². The van der Waals surface area contributed by atoms with Gasteiger partial charge in [0.1, 0.15) is 0 Å². The summed E-state index contributed by atoms with van der Waals surface area (Å²) in [4.78, 5) is 19.7. The lowest BCUT2D eigenvalue weighted by Gasteiger charge is -2.27. The Morgan fingerprint density at radius 1 is 1.23 bits per heavy atom. The van der Waals surface area contributed by atoms with Gasteiger partial charge in [-0.1, -0.05) is 0 Å². The number of H-pyrrole nitrogens is 1. The van der Waals surface area contributed by atoms with Crippen LogP contribution >= 0.6 is 0 Å². The second kappa shape index (κ2) is 6.01. The first kappa shape index (κ1) is 13.6. The van der Waals surface area contributed by atoms with Gasteiger partial charge in [0.25, 0.3) is 0 Å². The predicted molar refractivity (Wildman–Crippen MR) is 85.9 cm³/mol. The van der Waals surface area contributed by atoms with Gasteiger partial charge in [-0.2, -0.15) is 0 Å². The molecule has 0 spiro atoms. The number of hydrogen-bond donors (Lipinski definition) is 1.